The van der Waals surface area contributed by atoms with Crippen LogP contribution in [-0.4, -0.2) is 22.0 Å². The molecule has 0 aliphatic rings. The molecule has 2 aromatic heterocycles. The lowest BCUT2D eigenvalue weighted by atomic mass is 10.1. The molecule has 0 atom stereocenters. The summed E-state index contributed by atoms with van der Waals surface area (Å²) < 4.78 is 27.7. The number of halogens is 2. The minimum atomic E-state index is -0.649. The summed E-state index contributed by atoms with van der Waals surface area (Å²) in [6.07, 6.45) is 1.71. The number of aryl methyl sites for hydroxylation is 2. The number of carbonyl (C=O) groups excluding carboxylic acids is 1. The second-order valence-corrected chi connectivity index (χ2v) is 6.68. The third-order valence-corrected chi connectivity index (χ3v) is 5.04. The van der Waals surface area contributed by atoms with Crippen molar-refractivity contribution in [3.05, 3.63) is 62.5 Å². The summed E-state index contributed by atoms with van der Waals surface area (Å²) >= 11 is 1.15. The zero-order chi connectivity index (χ0) is 18.1. The third-order valence-electron chi connectivity index (χ3n) is 3.84. The maximum atomic E-state index is 13.2. The number of carbonyl (C=O) groups is 1. The number of thiophene rings is 1. The fourth-order valence-corrected chi connectivity index (χ4v) is 3.64. The van der Waals surface area contributed by atoms with Crippen LogP contribution in [0.1, 0.15) is 20.8 Å². The molecule has 0 aliphatic carbocycles. The van der Waals surface area contributed by atoms with Gasteiger partial charge in [0.25, 0.3) is 11.5 Å². The van der Waals surface area contributed by atoms with Crippen molar-refractivity contribution >= 4 is 27.5 Å². The average Bonchev–Trinajstić information content (AvgIpc) is 2.87. The summed E-state index contributed by atoms with van der Waals surface area (Å²) in [6, 6.07) is 3.26. The minimum Gasteiger partial charge on any atom is -0.351 e. The summed E-state index contributed by atoms with van der Waals surface area (Å²) in [5.41, 5.74) is 0.845. The molecule has 5 nitrogen and oxygen atoms in total. The SMILES string of the molecule is Cc1c(C(=O)NCCc2cc(F)cc(F)c2)sc2ncn(C)c(=O)c12. The molecule has 25 heavy (non-hydrogen) atoms. The molecule has 1 amide bonds. The molecule has 3 aromatic rings. The van der Waals surface area contributed by atoms with Gasteiger partial charge in [0.2, 0.25) is 0 Å². The van der Waals surface area contributed by atoms with E-state index in [4.69, 9.17) is 0 Å². The molecular weight excluding hydrogens is 348 g/mol. The van der Waals surface area contributed by atoms with Gasteiger partial charge in [-0.3, -0.25) is 9.59 Å². The summed E-state index contributed by atoms with van der Waals surface area (Å²) in [6.45, 7) is 1.93. The first-order valence-corrected chi connectivity index (χ1v) is 8.36. The molecule has 0 bridgehead atoms. The van der Waals surface area contributed by atoms with Crippen LogP contribution in [-0.2, 0) is 13.5 Å². The van der Waals surface area contributed by atoms with Gasteiger partial charge in [0.05, 0.1) is 16.6 Å². The Labute approximate surface area is 145 Å². The van der Waals surface area contributed by atoms with Crippen LogP contribution in [0.15, 0.2) is 29.3 Å². The van der Waals surface area contributed by atoms with Crippen molar-refractivity contribution in [3.63, 3.8) is 0 Å². The lowest BCUT2D eigenvalue weighted by molar-refractivity contribution is 0.0957. The molecule has 0 aliphatic heterocycles. The topological polar surface area (TPSA) is 64.0 Å². The number of hydrogen-bond acceptors (Lipinski definition) is 4. The van der Waals surface area contributed by atoms with Crippen LogP contribution >= 0.6 is 11.3 Å². The highest BCUT2D eigenvalue weighted by molar-refractivity contribution is 7.20. The van der Waals surface area contributed by atoms with E-state index >= 15 is 0 Å². The summed E-state index contributed by atoms with van der Waals surface area (Å²) in [4.78, 5) is 29.6. The van der Waals surface area contributed by atoms with Crippen molar-refractivity contribution in [3.8, 4) is 0 Å². The van der Waals surface area contributed by atoms with Crippen molar-refractivity contribution < 1.29 is 13.6 Å². The van der Waals surface area contributed by atoms with Crippen LogP contribution in [0.5, 0.6) is 0 Å². The van der Waals surface area contributed by atoms with Crippen LogP contribution in [0.25, 0.3) is 10.2 Å². The standard InChI is InChI=1S/C17H15F2N3O2S/c1-9-13-16(21-8-22(2)17(13)24)25-14(9)15(23)20-4-3-10-5-11(18)7-12(19)6-10/h5-8H,3-4H2,1-2H3,(H,20,23). The molecule has 130 valence electrons. The zero-order valence-corrected chi connectivity index (χ0v) is 14.4. The van der Waals surface area contributed by atoms with E-state index < -0.39 is 11.6 Å². The zero-order valence-electron chi connectivity index (χ0n) is 13.6. The van der Waals surface area contributed by atoms with Crippen LogP contribution in [0.2, 0.25) is 0 Å². The van der Waals surface area contributed by atoms with Gasteiger partial charge in [-0.05, 0) is 36.6 Å². The monoisotopic (exact) mass is 363 g/mol. The lowest BCUT2D eigenvalue weighted by Gasteiger charge is -2.05. The molecule has 0 spiro atoms. The number of amides is 1. The van der Waals surface area contributed by atoms with Gasteiger partial charge in [0.15, 0.2) is 0 Å². The predicted octanol–water partition coefficient (Wildman–Crippen LogP) is 2.55. The van der Waals surface area contributed by atoms with E-state index in [1.54, 1.807) is 14.0 Å². The third kappa shape index (κ3) is 3.43. The Bertz CT molecular complexity index is 1010. The van der Waals surface area contributed by atoms with E-state index in [-0.39, 0.29) is 18.0 Å². The van der Waals surface area contributed by atoms with Crippen LogP contribution in [0.4, 0.5) is 8.78 Å². The molecule has 1 aromatic carbocycles. The van der Waals surface area contributed by atoms with Gasteiger partial charge in [-0.2, -0.15) is 0 Å². The Morgan fingerprint density at radius 2 is 1.96 bits per heavy atom. The van der Waals surface area contributed by atoms with Gasteiger partial charge in [0.1, 0.15) is 16.5 Å². The maximum Gasteiger partial charge on any atom is 0.262 e. The van der Waals surface area contributed by atoms with Crippen molar-refractivity contribution in [1.29, 1.82) is 0 Å². The van der Waals surface area contributed by atoms with Crippen molar-refractivity contribution in [1.82, 2.24) is 14.9 Å². The Balaban J connectivity index is 1.75. The number of aromatic nitrogens is 2. The van der Waals surface area contributed by atoms with E-state index in [1.165, 1.54) is 23.0 Å². The number of hydrogen-bond donors (Lipinski definition) is 1. The number of rotatable bonds is 4. The maximum absolute atomic E-state index is 13.2. The van der Waals surface area contributed by atoms with E-state index in [0.717, 1.165) is 17.4 Å². The smallest absolute Gasteiger partial charge is 0.262 e. The normalized spacial score (nSPS) is 11.0. The lowest BCUT2D eigenvalue weighted by Crippen LogP contribution is -2.25. The first-order valence-electron chi connectivity index (χ1n) is 7.54. The van der Waals surface area contributed by atoms with Crippen molar-refractivity contribution in [2.45, 2.75) is 13.3 Å². The number of fused-ring (bicyclic) bond motifs is 1. The molecule has 3 rings (SSSR count). The van der Waals surface area contributed by atoms with E-state index in [1.807, 2.05) is 0 Å². The quantitative estimate of drug-likeness (QED) is 0.775. The van der Waals surface area contributed by atoms with Crippen LogP contribution in [0, 0.1) is 18.6 Å². The Morgan fingerprint density at radius 3 is 2.64 bits per heavy atom. The first kappa shape index (κ1) is 17.2. The van der Waals surface area contributed by atoms with Crippen LogP contribution in [0.3, 0.4) is 0 Å². The fourth-order valence-electron chi connectivity index (χ4n) is 2.58. The summed E-state index contributed by atoms with van der Waals surface area (Å²) in [5.74, 6) is -1.63. The van der Waals surface area contributed by atoms with Gasteiger partial charge in [0, 0.05) is 19.7 Å². The summed E-state index contributed by atoms with van der Waals surface area (Å²) in [5, 5.41) is 3.15. The Kier molecular flexibility index (Phi) is 4.63. The molecule has 0 saturated carbocycles. The molecule has 0 unspecified atom stereocenters. The fraction of sp³-hybridized carbons (Fsp3) is 0.235. The van der Waals surface area contributed by atoms with Gasteiger partial charge in [-0.1, -0.05) is 0 Å². The molecule has 0 fully saturated rings. The highest BCUT2D eigenvalue weighted by atomic mass is 32.1. The Hall–Kier alpha value is -2.61. The average molecular weight is 363 g/mol. The van der Waals surface area contributed by atoms with Crippen LogP contribution < -0.4 is 10.9 Å². The number of nitrogens with one attached hydrogen (secondary N) is 1. The summed E-state index contributed by atoms with van der Waals surface area (Å²) in [7, 11) is 1.60. The highest BCUT2D eigenvalue weighted by Gasteiger charge is 2.18. The van der Waals surface area contributed by atoms with Gasteiger partial charge in [-0.15, -0.1) is 11.3 Å². The van der Waals surface area contributed by atoms with Gasteiger partial charge in [-0.25, -0.2) is 13.8 Å². The molecule has 0 saturated heterocycles. The first-order chi connectivity index (χ1) is 11.9. The Morgan fingerprint density at radius 1 is 1.28 bits per heavy atom. The van der Waals surface area contributed by atoms with E-state index in [0.29, 0.717) is 32.6 Å². The van der Waals surface area contributed by atoms with Gasteiger partial charge >= 0.3 is 0 Å². The molecule has 0 radical (unpaired) electrons. The number of benzene rings is 1. The van der Waals surface area contributed by atoms with Gasteiger partial charge < -0.3 is 9.88 Å². The number of nitrogens with zero attached hydrogens (tertiary/aromatic N) is 2. The molecule has 8 heteroatoms. The van der Waals surface area contributed by atoms with Crippen molar-refractivity contribution in [2.75, 3.05) is 6.54 Å². The van der Waals surface area contributed by atoms with Crippen molar-refractivity contribution in [2.24, 2.45) is 7.05 Å². The largest absolute Gasteiger partial charge is 0.351 e. The van der Waals surface area contributed by atoms with E-state index in [2.05, 4.69) is 10.3 Å². The van der Waals surface area contributed by atoms with E-state index in [9.17, 15) is 18.4 Å². The second kappa shape index (κ2) is 6.72. The minimum absolute atomic E-state index is 0.201. The molecule has 2 heterocycles. The second-order valence-electron chi connectivity index (χ2n) is 5.68. The molecule has 1 N–H and O–H groups in total. The molecular formula is C17H15F2N3O2S. The highest BCUT2D eigenvalue weighted by Crippen LogP contribution is 2.26. The predicted molar refractivity (Wildman–Crippen MR) is 92.0 cm³/mol.